The second-order valence-electron chi connectivity index (χ2n) is 7.20. The molecule has 23 heavy (non-hydrogen) atoms. The van der Waals surface area contributed by atoms with E-state index in [1.807, 2.05) is 6.92 Å². The molecular weight excluding hydrogens is 312 g/mol. The molecule has 1 saturated carbocycles. The highest BCUT2D eigenvalue weighted by atomic mass is 32.2. The van der Waals surface area contributed by atoms with Crippen LogP contribution in [-0.2, 0) is 16.6 Å². The number of sulfonamides is 1. The van der Waals surface area contributed by atoms with Crippen molar-refractivity contribution in [3.63, 3.8) is 0 Å². The molecule has 2 fully saturated rings. The molecule has 0 atom stereocenters. The molecule has 0 N–H and O–H groups in total. The zero-order valence-electron chi connectivity index (χ0n) is 14.4. The molecule has 1 saturated heterocycles. The molecule has 0 spiro atoms. The number of piperidine rings is 1. The molecule has 1 aliphatic carbocycles. The zero-order valence-corrected chi connectivity index (χ0v) is 15.2. The van der Waals surface area contributed by atoms with E-state index in [0.717, 1.165) is 18.8 Å². The quantitative estimate of drug-likeness (QED) is 0.792. The average molecular weight is 340 g/mol. The van der Waals surface area contributed by atoms with Gasteiger partial charge in [0.25, 0.3) is 0 Å². The molecule has 1 aromatic heterocycles. The summed E-state index contributed by atoms with van der Waals surface area (Å²) >= 11 is 0. The SMILES string of the molecule is CCn1cc(S(=O)(=O)N2CCC(CC3CC3)(N(C)C)CC2)cn1. The molecule has 130 valence electrons. The van der Waals surface area contributed by atoms with E-state index in [-0.39, 0.29) is 5.54 Å². The third-order valence-corrected chi connectivity index (χ3v) is 7.39. The number of nitrogens with zero attached hydrogens (tertiary/aromatic N) is 4. The number of aryl methyl sites for hydroxylation is 1. The molecule has 2 aliphatic rings. The summed E-state index contributed by atoms with van der Waals surface area (Å²) in [6.45, 7) is 3.84. The fraction of sp³-hybridized carbons (Fsp3) is 0.812. The van der Waals surface area contributed by atoms with Crippen molar-refractivity contribution >= 4 is 10.0 Å². The lowest BCUT2D eigenvalue weighted by atomic mass is 9.82. The molecule has 3 rings (SSSR count). The van der Waals surface area contributed by atoms with Crippen LogP contribution in [0.15, 0.2) is 17.3 Å². The lowest BCUT2D eigenvalue weighted by Gasteiger charge is -2.46. The Hall–Kier alpha value is -0.920. The second-order valence-corrected chi connectivity index (χ2v) is 9.14. The van der Waals surface area contributed by atoms with Crippen LogP contribution in [0.1, 0.15) is 39.0 Å². The molecule has 0 radical (unpaired) electrons. The molecule has 6 nitrogen and oxygen atoms in total. The van der Waals surface area contributed by atoms with Crippen LogP contribution in [0.25, 0.3) is 0 Å². The van der Waals surface area contributed by atoms with Crippen LogP contribution < -0.4 is 0 Å². The first-order chi connectivity index (χ1) is 10.9. The monoisotopic (exact) mass is 340 g/mol. The second kappa shape index (κ2) is 6.18. The van der Waals surface area contributed by atoms with E-state index >= 15 is 0 Å². The Kier molecular flexibility index (Phi) is 4.55. The van der Waals surface area contributed by atoms with E-state index in [1.54, 1.807) is 15.2 Å². The van der Waals surface area contributed by atoms with Gasteiger partial charge in [-0.15, -0.1) is 0 Å². The Labute approximate surface area is 139 Å². The first-order valence-electron chi connectivity index (χ1n) is 8.57. The maximum atomic E-state index is 12.8. The van der Waals surface area contributed by atoms with Gasteiger partial charge in [0, 0.05) is 31.4 Å². The standard InChI is InChI=1S/C16H28N4O2S/c1-4-19-13-15(12-17-19)23(21,22)20-9-7-16(8-10-20,18(2)3)11-14-5-6-14/h12-14H,4-11H2,1-3H3. The average Bonchev–Trinajstić information content (AvgIpc) is 3.19. The van der Waals surface area contributed by atoms with Crippen LogP contribution in [0.5, 0.6) is 0 Å². The Morgan fingerprint density at radius 1 is 1.30 bits per heavy atom. The van der Waals surface area contributed by atoms with Gasteiger partial charge in [-0.2, -0.15) is 9.40 Å². The number of aromatic nitrogens is 2. The van der Waals surface area contributed by atoms with E-state index < -0.39 is 10.0 Å². The maximum absolute atomic E-state index is 12.8. The van der Waals surface area contributed by atoms with Gasteiger partial charge in [0.05, 0.1) is 6.20 Å². The lowest BCUT2D eigenvalue weighted by molar-refractivity contribution is 0.0696. The fourth-order valence-electron chi connectivity index (χ4n) is 3.64. The van der Waals surface area contributed by atoms with Crippen LogP contribution in [0.2, 0.25) is 0 Å². The van der Waals surface area contributed by atoms with Crippen molar-refractivity contribution in [2.45, 2.75) is 56.0 Å². The summed E-state index contributed by atoms with van der Waals surface area (Å²) in [7, 11) is 0.865. The summed E-state index contributed by atoms with van der Waals surface area (Å²) in [6, 6.07) is 0. The van der Waals surface area contributed by atoms with Crippen molar-refractivity contribution in [1.82, 2.24) is 19.0 Å². The van der Waals surface area contributed by atoms with Gasteiger partial charge in [0.1, 0.15) is 4.90 Å². The summed E-state index contributed by atoms with van der Waals surface area (Å²) in [4.78, 5) is 2.64. The van der Waals surface area contributed by atoms with Crippen molar-refractivity contribution in [1.29, 1.82) is 0 Å². The maximum Gasteiger partial charge on any atom is 0.246 e. The van der Waals surface area contributed by atoms with Crippen molar-refractivity contribution in [2.75, 3.05) is 27.2 Å². The summed E-state index contributed by atoms with van der Waals surface area (Å²) < 4.78 is 28.9. The first kappa shape index (κ1) is 16.9. The predicted octanol–water partition coefficient (Wildman–Crippen LogP) is 1.79. The smallest absolute Gasteiger partial charge is 0.246 e. The number of hydrogen-bond acceptors (Lipinski definition) is 4. The van der Waals surface area contributed by atoms with Gasteiger partial charge in [-0.1, -0.05) is 12.8 Å². The normalized spacial score (nSPS) is 22.6. The highest BCUT2D eigenvalue weighted by molar-refractivity contribution is 7.89. The van der Waals surface area contributed by atoms with Crippen molar-refractivity contribution in [2.24, 2.45) is 5.92 Å². The van der Waals surface area contributed by atoms with E-state index in [9.17, 15) is 8.42 Å². The van der Waals surface area contributed by atoms with Crippen LogP contribution in [0, 0.1) is 5.92 Å². The van der Waals surface area contributed by atoms with Crippen LogP contribution in [0.4, 0.5) is 0 Å². The molecule has 0 bridgehead atoms. The van der Waals surface area contributed by atoms with Gasteiger partial charge < -0.3 is 4.90 Å². The molecular formula is C16H28N4O2S. The first-order valence-corrected chi connectivity index (χ1v) is 10.0. The summed E-state index contributed by atoms with van der Waals surface area (Å²) in [5, 5.41) is 4.10. The summed E-state index contributed by atoms with van der Waals surface area (Å²) in [5.41, 5.74) is 0.167. The van der Waals surface area contributed by atoms with Crippen molar-refractivity contribution < 1.29 is 8.42 Å². The Bertz CT molecular complexity index is 641. The van der Waals surface area contributed by atoms with Crippen molar-refractivity contribution in [3.05, 3.63) is 12.4 Å². The third kappa shape index (κ3) is 3.32. The van der Waals surface area contributed by atoms with E-state index in [0.29, 0.717) is 24.5 Å². The van der Waals surface area contributed by atoms with Crippen LogP contribution in [0.3, 0.4) is 0 Å². The predicted molar refractivity (Wildman–Crippen MR) is 89.7 cm³/mol. The van der Waals surface area contributed by atoms with E-state index in [4.69, 9.17) is 0 Å². The Morgan fingerprint density at radius 3 is 2.43 bits per heavy atom. The molecule has 0 aromatic carbocycles. The summed E-state index contributed by atoms with van der Waals surface area (Å²) in [6.07, 6.45) is 8.82. The number of rotatable bonds is 6. The van der Waals surface area contributed by atoms with Gasteiger partial charge in [-0.05, 0) is 46.2 Å². The highest BCUT2D eigenvalue weighted by Crippen LogP contribution is 2.43. The minimum atomic E-state index is -3.41. The van der Waals surface area contributed by atoms with Crippen LogP contribution in [-0.4, -0.2) is 60.1 Å². The van der Waals surface area contributed by atoms with Gasteiger partial charge >= 0.3 is 0 Å². The van der Waals surface area contributed by atoms with Crippen molar-refractivity contribution in [3.8, 4) is 0 Å². The van der Waals surface area contributed by atoms with E-state index in [1.165, 1.54) is 25.5 Å². The Balaban J connectivity index is 1.71. The minimum Gasteiger partial charge on any atom is -0.304 e. The van der Waals surface area contributed by atoms with Crippen LogP contribution >= 0.6 is 0 Å². The number of hydrogen-bond donors (Lipinski definition) is 0. The topological polar surface area (TPSA) is 58.4 Å². The molecule has 2 heterocycles. The van der Waals surface area contributed by atoms with Gasteiger partial charge in [0.15, 0.2) is 0 Å². The fourth-order valence-corrected chi connectivity index (χ4v) is 5.03. The van der Waals surface area contributed by atoms with Gasteiger partial charge in [-0.3, -0.25) is 4.68 Å². The molecule has 0 unspecified atom stereocenters. The Morgan fingerprint density at radius 2 is 1.96 bits per heavy atom. The molecule has 1 aromatic rings. The lowest BCUT2D eigenvalue weighted by Crippen LogP contribution is -2.54. The molecule has 0 amide bonds. The van der Waals surface area contributed by atoms with Gasteiger partial charge in [0.2, 0.25) is 10.0 Å². The third-order valence-electron chi connectivity index (χ3n) is 5.54. The molecule has 7 heteroatoms. The van der Waals surface area contributed by atoms with E-state index in [2.05, 4.69) is 24.1 Å². The summed E-state index contributed by atoms with van der Waals surface area (Å²) in [5.74, 6) is 0.850. The van der Waals surface area contributed by atoms with Gasteiger partial charge in [-0.25, -0.2) is 8.42 Å². The minimum absolute atomic E-state index is 0.167. The zero-order chi connectivity index (χ0) is 16.7. The largest absolute Gasteiger partial charge is 0.304 e. The highest BCUT2D eigenvalue weighted by Gasteiger charge is 2.43. The molecule has 1 aliphatic heterocycles.